The summed E-state index contributed by atoms with van der Waals surface area (Å²) in [6, 6.07) is 0.798. The van der Waals surface area contributed by atoms with Gasteiger partial charge in [0.1, 0.15) is 0 Å². The fourth-order valence-corrected chi connectivity index (χ4v) is 2.41. The van der Waals surface area contributed by atoms with E-state index in [2.05, 4.69) is 18.7 Å². The Labute approximate surface area is 74.6 Å². The highest BCUT2D eigenvalue weighted by atomic mass is 16.3. The first-order chi connectivity index (χ1) is 5.68. The molecule has 0 aromatic heterocycles. The highest BCUT2D eigenvalue weighted by Gasteiger charge is 2.47. The standard InChI is InChI=1S/C10H19NO/c1-8-5-6-11(9-3-4-9)10(8,2)7-12/h8-9,12H,3-7H2,1-2H3/t8-,10-/m0/s1. The van der Waals surface area contributed by atoms with E-state index in [9.17, 15) is 5.11 Å². The van der Waals surface area contributed by atoms with E-state index in [0.717, 1.165) is 6.04 Å². The summed E-state index contributed by atoms with van der Waals surface area (Å²) in [6.45, 7) is 6.00. The Morgan fingerprint density at radius 1 is 1.42 bits per heavy atom. The van der Waals surface area contributed by atoms with Gasteiger partial charge in [0.2, 0.25) is 0 Å². The van der Waals surface area contributed by atoms with Crippen molar-refractivity contribution in [1.29, 1.82) is 0 Å². The largest absolute Gasteiger partial charge is 0.394 e. The maximum absolute atomic E-state index is 9.40. The Hall–Kier alpha value is -0.0800. The Morgan fingerprint density at radius 2 is 2.08 bits per heavy atom. The lowest BCUT2D eigenvalue weighted by atomic mass is 9.89. The third kappa shape index (κ3) is 1.09. The zero-order chi connectivity index (χ0) is 8.77. The molecule has 1 saturated heterocycles. The van der Waals surface area contributed by atoms with Crippen molar-refractivity contribution in [2.45, 2.75) is 44.7 Å². The van der Waals surface area contributed by atoms with Crippen LogP contribution in [0, 0.1) is 5.92 Å². The predicted octanol–water partition coefficient (Wildman–Crippen LogP) is 1.24. The molecule has 2 heteroatoms. The molecule has 1 saturated carbocycles. The van der Waals surface area contributed by atoms with Gasteiger partial charge in [0.05, 0.1) is 6.61 Å². The van der Waals surface area contributed by atoms with E-state index in [-0.39, 0.29) is 5.54 Å². The van der Waals surface area contributed by atoms with Gasteiger partial charge < -0.3 is 5.11 Å². The Kier molecular flexibility index (Phi) is 1.92. The summed E-state index contributed by atoms with van der Waals surface area (Å²) >= 11 is 0. The summed E-state index contributed by atoms with van der Waals surface area (Å²) in [5.41, 5.74) is 0.0845. The van der Waals surface area contributed by atoms with Crippen LogP contribution in [0.5, 0.6) is 0 Å². The lowest BCUT2D eigenvalue weighted by Gasteiger charge is -2.36. The molecule has 2 atom stereocenters. The SMILES string of the molecule is C[C@H]1CCN(C2CC2)[C@@]1(C)CO. The first-order valence-electron chi connectivity index (χ1n) is 5.06. The molecule has 2 fully saturated rings. The van der Waals surface area contributed by atoms with Crippen molar-refractivity contribution in [1.82, 2.24) is 4.90 Å². The van der Waals surface area contributed by atoms with E-state index >= 15 is 0 Å². The fourth-order valence-electron chi connectivity index (χ4n) is 2.41. The van der Waals surface area contributed by atoms with Gasteiger partial charge in [-0.05, 0) is 38.6 Å². The second-order valence-corrected chi connectivity index (χ2v) is 4.63. The molecule has 2 rings (SSSR count). The lowest BCUT2D eigenvalue weighted by Crippen LogP contribution is -2.48. The Balaban J connectivity index is 2.12. The molecule has 12 heavy (non-hydrogen) atoms. The normalized spacial score (nSPS) is 43.8. The number of nitrogens with zero attached hydrogens (tertiary/aromatic N) is 1. The van der Waals surface area contributed by atoms with Gasteiger partial charge in [0.25, 0.3) is 0 Å². The van der Waals surface area contributed by atoms with Crippen LogP contribution in [0.25, 0.3) is 0 Å². The fraction of sp³-hybridized carbons (Fsp3) is 1.00. The van der Waals surface area contributed by atoms with Crippen molar-refractivity contribution in [3.63, 3.8) is 0 Å². The van der Waals surface area contributed by atoms with Crippen molar-refractivity contribution >= 4 is 0 Å². The van der Waals surface area contributed by atoms with Crippen LogP contribution in [0.1, 0.15) is 33.1 Å². The predicted molar refractivity (Wildman–Crippen MR) is 49.0 cm³/mol. The van der Waals surface area contributed by atoms with Crippen LogP contribution in [-0.4, -0.2) is 34.7 Å². The summed E-state index contributed by atoms with van der Waals surface area (Å²) in [5, 5.41) is 9.40. The van der Waals surface area contributed by atoms with Crippen LogP contribution in [0.2, 0.25) is 0 Å². The summed E-state index contributed by atoms with van der Waals surface area (Å²) in [6.07, 6.45) is 3.96. The molecule has 1 heterocycles. The molecule has 70 valence electrons. The summed E-state index contributed by atoms with van der Waals surface area (Å²) in [5.74, 6) is 0.656. The molecule has 2 aliphatic rings. The molecular weight excluding hydrogens is 150 g/mol. The van der Waals surface area contributed by atoms with Crippen LogP contribution >= 0.6 is 0 Å². The number of likely N-dealkylation sites (tertiary alicyclic amines) is 1. The monoisotopic (exact) mass is 169 g/mol. The quantitative estimate of drug-likeness (QED) is 0.672. The lowest BCUT2D eigenvalue weighted by molar-refractivity contribution is 0.0485. The summed E-state index contributed by atoms with van der Waals surface area (Å²) in [7, 11) is 0. The number of aliphatic hydroxyl groups excluding tert-OH is 1. The first-order valence-corrected chi connectivity index (χ1v) is 5.06. The minimum Gasteiger partial charge on any atom is -0.394 e. The van der Waals surface area contributed by atoms with Crippen molar-refractivity contribution in [2.75, 3.05) is 13.2 Å². The molecular formula is C10H19NO. The van der Waals surface area contributed by atoms with Crippen molar-refractivity contribution < 1.29 is 5.11 Å². The van der Waals surface area contributed by atoms with Crippen LogP contribution in [-0.2, 0) is 0 Å². The highest BCUT2D eigenvalue weighted by molar-refractivity contribution is 5.02. The molecule has 2 nitrogen and oxygen atoms in total. The molecule has 0 spiro atoms. The molecule has 0 aromatic rings. The summed E-state index contributed by atoms with van der Waals surface area (Å²) in [4.78, 5) is 2.53. The second kappa shape index (κ2) is 2.71. The van der Waals surface area contributed by atoms with Crippen LogP contribution in [0.4, 0.5) is 0 Å². The number of rotatable bonds is 2. The van der Waals surface area contributed by atoms with E-state index in [1.807, 2.05) is 0 Å². The first kappa shape index (κ1) is 8.52. The topological polar surface area (TPSA) is 23.5 Å². The van der Waals surface area contributed by atoms with Gasteiger partial charge in [-0.25, -0.2) is 0 Å². The molecule has 1 aliphatic heterocycles. The van der Waals surface area contributed by atoms with Gasteiger partial charge >= 0.3 is 0 Å². The molecule has 0 bridgehead atoms. The average molecular weight is 169 g/mol. The third-order valence-corrected chi connectivity index (χ3v) is 3.83. The third-order valence-electron chi connectivity index (χ3n) is 3.83. The van der Waals surface area contributed by atoms with E-state index in [1.165, 1.54) is 25.8 Å². The Bertz CT molecular complexity index is 179. The van der Waals surface area contributed by atoms with Gasteiger partial charge in [-0.3, -0.25) is 4.90 Å². The smallest absolute Gasteiger partial charge is 0.0615 e. The van der Waals surface area contributed by atoms with E-state index in [4.69, 9.17) is 0 Å². The minimum absolute atomic E-state index is 0.0845. The van der Waals surface area contributed by atoms with Crippen molar-refractivity contribution in [2.24, 2.45) is 5.92 Å². The highest BCUT2D eigenvalue weighted by Crippen LogP contribution is 2.42. The molecule has 0 unspecified atom stereocenters. The molecule has 0 amide bonds. The van der Waals surface area contributed by atoms with Gasteiger partial charge in [-0.15, -0.1) is 0 Å². The van der Waals surface area contributed by atoms with Crippen LogP contribution in [0.3, 0.4) is 0 Å². The molecule has 1 N–H and O–H groups in total. The maximum atomic E-state index is 9.40. The van der Waals surface area contributed by atoms with E-state index < -0.39 is 0 Å². The van der Waals surface area contributed by atoms with Gasteiger partial charge in [-0.2, -0.15) is 0 Å². The van der Waals surface area contributed by atoms with E-state index in [1.54, 1.807) is 0 Å². The number of aliphatic hydroxyl groups is 1. The maximum Gasteiger partial charge on any atom is 0.0615 e. The van der Waals surface area contributed by atoms with Gasteiger partial charge in [-0.1, -0.05) is 6.92 Å². The van der Waals surface area contributed by atoms with E-state index in [0.29, 0.717) is 12.5 Å². The number of hydrogen-bond acceptors (Lipinski definition) is 2. The average Bonchev–Trinajstić information content (AvgIpc) is 2.84. The summed E-state index contributed by atoms with van der Waals surface area (Å²) < 4.78 is 0. The van der Waals surface area contributed by atoms with Crippen molar-refractivity contribution in [3.8, 4) is 0 Å². The van der Waals surface area contributed by atoms with Crippen LogP contribution in [0.15, 0.2) is 0 Å². The van der Waals surface area contributed by atoms with Gasteiger partial charge in [0.15, 0.2) is 0 Å². The molecule has 0 aromatic carbocycles. The molecule has 0 radical (unpaired) electrons. The minimum atomic E-state index is 0.0845. The molecule has 1 aliphatic carbocycles. The number of hydrogen-bond donors (Lipinski definition) is 1. The van der Waals surface area contributed by atoms with Gasteiger partial charge in [0, 0.05) is 11.6 Å². The zero-order valence-electron chi connectivity index (χ0n) is 8.08. The zero-order valence-corrected chi connectivity index (χ0v) is 8.08. The Morgan fingerprint density at radius 3 is 2.58 bits per heavy atom. The second-order valence-electron chi connectivity index (χ2n) is 4.63. The van der Waals surface area contributed by atoms with Crippen molar-refractivity contribution in [3.05, 3.63) is 0 Å². The van der Waals surface area contributed by atoms with Crippen LogP contribution < -0.4 is 0 Å².